The molecule has 7 heteroatoms. The first-order valence-electron chi connectivity index (χ1n) is 7.04. The molecular weight excluding hydrogens is 376 g/mol. The minimum atomic E-state index is -0.355. The highest BCUT2D eigenvalue weighted by Gasteiger charge is 2.04. The summed E-state index contributed by atoms with van der Waals surface area (Å²) < 4.78 is 16.6. The van der Waals surface area contributed by atoms with E-state index in [9.17, 15) is 4.79 Å². The highest BCUT2D eigenvalue weighted by atomic mass is 79.9. The van der Waals surface area contributed by atoms with E-state index >= 15 is 0 Å². The number of nitrogens with zero attached hydrogens (tertiary/aromatic N) is 1. The van der Waals surface area contributed by atoms with Gasteiger partial charge in [0.25, 0.3) is 5.91 Å². The Kier molecular flexibility index (Phi) is 6.62. The monoisotopic (exact) mass is 392 g/mol. The van der Waals surface area contributed by atoms with Gasteiger partial charge in [0.2, 0.25) is 0 Å². The second-order valence-corrected chi connectivity index (χ2v) is 5.57. The standard InChI is InChI=1S/C17H17BrN2O4/c1-22-15-7-6-12(8-16(15)23-2)10-19-20-17(21)11-24-14-5-3-4-13(18)9-14/h3-10H,11H2,1-2H3,(H,20,21)/b19-10-. The molecule has 0 heterocycles. The summed E-state index contributed by atoms with van der Waals surface area (Å²) in [6.07, 6.45) is 1.51. The molecule has 1 amide bonds. The van der Waals surface area contributed by atoms with Crippen LogP contribution >= 0.6 is 15.9 Å². The molecule has 6 nitrogen and oxygen atoms in total. The molecule has 0 saturated heterocycles. The molecule has 0 fully saturated rings. The second kappa shape index (κ2) is 8.93. The summed E-state index contributed by atoms with van der Waals surface area (Å²) in [5, 5.41) is 3.89. The van der Waals surface area contributed by atoms with Gasteiger partial charge in [-0.1, -0.05) is 22.0 Å². The highest BCUT2D eigenvalue weighted by Crippen LogP contribution is 2.26. The predicted octanol–water partition coefficient (Wildman–Crippen LogP) is 3.00. The number of carbonyl (C=O) groups is 1. The van der Waals surface area contributed by atoms with Crippen LogP contribution in [0.3, 0.4) is 0 Å². The van der Waals surface area contributed by atoms with Crippen LogP contribution in [0.15, 0.2) is 52.0 Å². The maximum atomic E-state index is 11.7. The third-order valence-electron chi connectivity index (χ3n) is 2.98. The van der Waals surface area contributed by atoms with Crippen molar-refractivity contribution in [3.63, 3.8) is 0 Å². The first-order valence-corrected chi connectivity index (χ1v) is 7.84. The molecule has 0 aliphatic rings. The minimum Gasteiger partial charge on any atom is -0.493 e. The fourth-order valence-corrected chi connectivity index (χ4v) is 2.23. The molecule has 0 aliphatic carbocycles. The molecule has 2 aromatic rings. The van der Waals surface area contributed by atoms with E-state index in [-0.39, 0.29) is 12.5 Å². The van der Waals surface area contributed by atoms with E-state index in [1.807, 2.05) is 12.1 Å². The van der Waals surface area contributed by atoms with Crippen molar-refractivity contribution in [2.75, 3.05) is 20.8 Å². The summed E-state index contributed by atoms with van der Waals surface area (Å²) in [7, 11) is 3.12. The summed E-state index contributed by atoms with van der Waals surface area (Å²) in [6, 6.07) is 12.6. The van der Waals surface area contributed by atoms with E-state index in [1.54, 1.807) is 44.6 Å². The number of rotatable bonds is 7. The Morgan fingerprint density at radius 2 is 1.96 bits per heavy atom. The quantitative estimate of drug-likeness (QED) is 0.580. The average molecular weight is 393 g/mol. The first-order chi connectivity index (χ1) is 11.6. The van der Waals surface area contributed by atoms with E-state index in [4.69, 9.17) is 14.2 Å². The Morgan fingerprint density at radius 3 is 2.67 bits per heavy atom. The number of ether oxygens (including phenoxy) is 3. The summed E-state index contributed by atoms with van der Waals surface area (Å²) in [5.74, 6) is 1.46. The minimum absolute atomic E-state index is 0.125. The van der Waals surface area contributed by atoms with Gasteiger partial charge in [-0.3, -0.25) is 4.79 Å². The van der Waals surface area contributed by atoms with Gasteiger partial charge in [0.1, 0.15) is 5.75 Å². The summed E-state index contributed by atoms with van der Waals surface area (Å²) in [6.45, 7) is -0.125. The lowest BCUT2D eigenvalue weighted by molar-refractivity contribution is -0.123. The molecule has 0 bridgehead atoms. The zero-order chi connectivity index (χ0) is 17.4. The number of halogens is 1. The Bertz CT molecular complexity index is 734. The fourth-order valence-electron chi connectivity index (χ4n) is 1.85. The maximum absolute atomic E-state index is 11.7. The molecule has 24 heavy (non-hydrogen) atoms. The third kappa shape index (κ3) is 5.27. The van der Waals surface area contributed by atoms with Crippen LogP contribution in [0.25, 0.3) is 0 Å². The number of methoxy groups -OCH3 is 2. The SMILES string of the molecule is COc1ccc(/C=N\NC(=O)COc2cccc(Br)c2)cc1OC. The lowest BCUT2D eigenvalue weighted by Gasteiger charge is -2.07. The molecule has 0 unspecified atom stereocenters. The van der Waals surface area contributed by atoms with E-state index in [0.717, 1.165) is 10.0 Å². The van der Waals surface area contributed by atoms with Crippen molar-refractivity contribution in [2.24, 2.45) is 5.10 Å². The van der Waals surface area contributed by atoms with Crippen molar-refractivity contribution < 1.29 is 19.0 Å². The number of carbonyl (C=O) groups excluding carboxylic acids is 1. The lowest BCUT2D eigenvalue weighted by atomic mass is 10.2. The average Bonchev–Trinajstić information content (AvgIpc) is 2.60. The molecule has 0 radical (unpaired) electrons. The topological polar surface area (TPSA) is 69.2 Å². The molecular formula is C17H17BrN2O4. The van der Waals surface area contributed by atoms with E-state index in [0.29, 0.717) is 17.2 Å². The van der Waals surface area contributed by atoms with Crippen LogP contribution in [0.4, 0.5) is 0 Å². The van der Waals surface area contributed by atoms with Crippen molar-refractivity contribution in [3.8, 4) is 17.2 Å². The number of benzene rings is 2. The van der Waals surface area contributed by atoms with Crippen LogP contribution in [-0.4, -0.2) is 32.9 Å². The van der Waals surface area contributed by atoms with Gasteiger partial charge in [-0.2, -0.15) is 5.10 Å². The molecule has 2 aromatic carbocycles. The number of hydrogen-bond donors (Lipinski definition) is 1. The lowest BCUT2D eigenvalue weighted by Crippen LogP contribution is -2.24. The molecule has 2 rings (SSSR count). The fraction of sp³-hybridized carbons (Fsp3) is 0.176. The Labute approximate surface area is 148 Å². The molecule has 0 spiro atoms. The zero-order valence-corrected chi connectivity index (χ0v) is 14.9. The summed E-state index contributed by atoms with van der Waals surface area (Å²) in [4.78, 5) is 11.7. The largest absolute Gasteiger partial charge is 0.493 e. The van der Waals surface area contributed by atoms with E-state index < -0.39 is 0 Å². The Balaban J connectivity index is 1.86. The molecule has 0 saturated carbocycles. The van der Waals surface area contributed by atoms with Gasteiger partial charge >= 0.3 is 0 Å². The molecule has 1 N–H and O–H groups in total. The molecule has 126 valence electrons. The van der Waals surface area contributed by atoms with Crippen LogP contribution in [0.5, 0.6) is 17.2 Å². The molecule has 0 aromatic heterocycles. The molecule has 0 aliphatic heterocycles. The van der Waals surface area contributed by atoms with Crippen LogP contribution < -0.4 is 19.6 Å². The number of hydrogen-bond acceptors (Lipinski definition) is 5. The van der Waals surface area contributed by atoms with E-state index in [1.165, 1.54) is 6.21 Å². The smallest absolute Gasteiger partial charge is 0.277 e. The van der Waals surface area contributed by atoms with Crippen LogP contribution in [0.2, 0.25) is 0 Å². The first kappa shape index (κ1) is 17.8. The van der Waals surface area contributed by atoms with Gasteiger partial charge in [-0.25, -0.2) is 5.43 Å². The van der Waals surface area contributed by atoms with Gasteiger partial charge < -0.3 is 14.2 Å². The van der Waals surface area contributed by atoms with Crippen LogP contribution in [0, 0.1) is 0 Å². The van der Waals surface area contributed by atoms with Crippen molar-refractivity contribution >= 4 is 28.1 Å². The van der Waals surface area contributed by atoms with Gasteiger partial charge in [0.15, 0.2) is 18.1 Å². The third-order valence-corrected chi connectivity index (χ3v) is 3.47. The summed E-state index contributed by atoms with van der Waals surface area (Å²) in [5.41, 5.74) is 3.17. The maximum Gasteiger partial charge on any atom is 0.277 e. The molecule has 0 atom stereocenters. The number of amides is 1. The number of hydrazone groups is 1. The predicted molar refractivity (Wildman–Crippen MR) is 94.9 cm³/mol. The van der Waals surface area contributed by atoms with Crippen molar-refractivity contribution in [1.29, 1.82) is 0 Å². The number of nitrogens with one attached hydrogen (secondary N) is 1. The van der Waals surface area contributed by atoms with Crippen molar-refractivity contribution in [2.45, 2.75) is 0 Å². The van der Waals surface area contributed by atoms with Gasteiger partial charge in [0, 0.05) is 4.47 Å². The second-order valence-electron chi connectivity index (χ2n) is 4.65. The zero-order valence-electron chi connectivity index (χ0n) is 13.3. The van der Waals surface area contributed by atoms with Gasteiger partial charge in [-0.15, -0.1) is 0 Å². The Hall–Kier alpha value is -2.54. The van der Waals surface area contributed by atoms with Gasteiger partial charge in [0.05, 0.1) is 20.4 Å². The summed E-state index contributed by atoms with van der Waals surface area (Å²) >= 11 is 3.34. The highest BCUT2D eigenvalue weighted by molar-refractivity contribution is 9.10. The van der Waals surface area contributed by atoms with Gasteiger partial charge in [-0.05, 0) is 42.0 Å². The van der Waals surface area contributed by atoms with Crippen LogP contribution in [0.1, 0.15) is 5.56 Å². The Morgan fingerprint density at radius 1 is 1.17 bits per heavy atom. The van der Waals surface area contributed by atoms with Crippen LogP contribution in [-0.2, 0) is 4.79 Å². The normalized spacial score (nSPS) is 10.5. The van der Waals surface area contributed by atoms with Crippen molar-refractivity contribution in [3.05, 3.63) is 52.5 Å². The van der Waals surface area contributed by atoms with Crippen molar-refractivity contribution in [1.82, 2.24) is 5.43 Å². The van der Waals surface area contributed by atoms with E-state index in [2.05, 4.69) is 26.5 Å².